The fourth-order valence-corrected chi connectivity index (χ4v) is 4.38. The molecule has 0 bridgehead atoms. The standard InChI is InChI=1S/C17H35N3/c1-4-6-15-7-9-17(14-18,10-8-15)20-12-11-19(3)16(5-2)13-20/h15-16H,4-14,18H2,1-3H3. The van der Waals surface area contributed by atoms with Crippen molar-refractivity contribution >= 4 is 0 Å². The van der Waals surface area contributed by atoms with Gasteiger partial charge in [0.15, 0.2) is 0 Å². The van der Waals surface area contributed by atoms with Gasteiger partial charge in [-0.15, -0.1) is 0 Å². The molecule has 0 amide bonds. The summed E-state index contributed by atoms with van der Waals surface area (Å²) >= 11 is 0. The summed E-state index contributed by atoms with van der Waals surface area (Å²) in [4.78, 5) is 5.28. The van der Waals surface area contributed by atoms with E-state index in [0.29, 0.717) is 5.54 Å². The van der Waals surface area contributed by atoms with Crippen LogP contribution < -0.4 is 5.73 Å². The highest BCUT2D eigenvalue weighted by atomic mass is 15.3. The molecule has 1 saturated heterocycles. The minimum Gasteiger partial charge on any atom is -0.329 e. The molecule has 1 atom stereocenters. The van der Waals surface area contributed by atoms with Gasteiger partial charge < -0.3 is 10.6 Å². The van der Waals surface area contributed by atoms with Gasteiger partial charge in [0.2, 0.25) is 0 Å². The van der Waals surface area contributed by atoms with E-state index in [1.165, 1.54) is 64.6 Å². The lowest BCUT2D eigenvalue weighted by Crippen LogP contribution is -2.63. The van der Waals surface area contributed by atoms with Crippen LogP contribution in [0.25, 0.3) is 0 Å². The Morgan fingerprint density at radius 3 is 2.40 bits per heavy atom. The molecule has 2 N–H and O–H groups in total. The van der Waals surface area contributed by atoms with Crippen LogP contribution in [0.5, 0.6) is 0 Å². The van der Waals surface area contributed by atoms with E-state index >= 15 is 0 Å². The third-order valence-corrected chi connectivity index (χ3v) is 6.03. The van der Waals surface area contributed by atoms with E-state index in [1.807, 2.05) is 0 Å². The zero-order valence-corrected chi connectivity index (χ0v) is 13.9. The first-order chi connectivity index (χ1) is 9.65. The Hall–Kier alpha value is -0.120. The largest absolute Gasteiger partial charge is 0.329 e. The lowest BCUT2D eigenvalue weighted by Gasteiger charge is -2.52. The lowest BCUT2D eigenvalue weighted by molar-refractivity contribution is -0.0155. The summed E-state index contributed by atoms with van der Waals surface area (Å²) in [5, 5.41) is 0. The second-order valence-electron chi connectivity index (χ2n) is 7.15. The SMILES string of the molecule is CCCC1CCC(CN)(N2CCN(C)C(CC)C2)CC1. The van der Waals surface area contributed by atoms with Crippen molar-refractivity contribution in [3.63, 3.8) is 0 Å². The van der Waals surface area contributed by atoms with Crippen molar-refractivity contribution in [1.29, 1.82) is 0 Å². The number of piperazine rings is 1. The van der Waals surface area contributed by atoms with Crippen molar-refractivity contribution in [2.75, 3.05) is 33.2 Å². The zero-order valence-electron chi connectivity index (χ0n) is 13.9. The second-order valence-corrected chi connectivity index (χ2v) is 7.15. The molecule has 0 spiro atoms. The van der Waals surface area contributed by atoms with E-state index in [1.54, 1.807) is 0 Å². The number of nitrogens with two attached hydrogens (primary N) is 1. The van der Waals surface area contributed by atoms with Crippen molar-refractivity contribution in [2.45, 2.75) is 70.4 Å². The highest BCUT2D eigenvalue weighted by Gasteiger charge is 2.41. The monoisotopic (exact) mass is 281 g/mol. The van der Waals surface area contributed by atoms with Crippen LogP contribution in [0.3, 0.4) is 0 Å². The van der Waals surface area contributed by atoms with Gasteiger partial charge in [-0.2, -0.15) is 0 Å². The topological polar surface area (TPSA) is 32.5 Å². The third-order valence-electron chi connectivity index (χ3n) is 6.03. The molecule has 1 aliphatic heterocycles. The van der Waals surface area contributed by atoms with E-state index in [4.69, 9.17) is 5.73 Å². The average molecular weight is 281 g/mol. The minimum absolute atomic E-state index is 0.318. The Morgan fingerprint density at radius 2 is 1.85 bits per heavy atom. The first-order valence-electron chi connectivity index (χ1n) is 8.80. The molecule has 1 saturated carbocycles. The highest BCUT2D eigenvalue weighted by molar-refractivity contribution is 4.98. The van der Waals surface area contributed by atoms with Crippen molar-refractivity contribution in [2.24, 2.45) is 11.7 Å². The Bertz CT molecular complexity index is 284. The van der Waals surface area contributed by atoms with Gasteiger partial charge in [0, 0.05) is 37.8 Å². The Kier molecular flexibility index (Phi) is 5.88. The number of likely N-dealkylation sites (N-methyl/N-ethyl adjacent to an activating group) is 1. The third kappa shape index (κ3) is 3.37. The summed E-state index contributed by atoms with van der Waals surface area (Å²) in [7, 11) is 2.28. The molecule has 0 aromatic rings. The Balaban J connectivity index is 1.98. The molecule has 2 fully saturated rings. The van der Waals surface area contributed by atoms with Gasteiger partial charge in [-0.05, 0) is 45.1 Å². The summed E-state index contributed by atoms with van der Waals surface area (Å²) in [5.74, 6) is 0.967. The summed E-state index contributed by atoms with van der Waals surface area (Å²) in [5.41, 5.74) is 6.57. The molecule has 0 radical (unpaired) electrons. The number of nitrogens with zero attached hydrogens (tertiary/aromatic N) is 2. The Morgan fingerprint density at radius 1 is 1.15 bits per heavy atom. The van der Waals surface area contributed by atoms with Crippen LogP contribution in [0.4, 0.5) is 0 Å². The summed E-state index contributed by atoms with van der Waals surface area (Å²) < 4.78 is 0. The smallest absolute Gasteiger partial charge is 0.0333 e. The molecule has 0 aromatic carbocycles. The number of hydrogen-bond acceptors (Lipinski definition) is 3. The van der Waals surface area contributed by atoms with E-state index in [2.05, 4.69) is 30.7 Å². The zero-order chi connectivity index (χ0) is 14.6. The van der Waals surface area contributed by atoms with Crippen molar-refractivity contribution in [3.05, 3.63) is 0 Å². The molecule has 1 heterocycles. The van der Waals surface area contributed by atoms with E-state index in [9.17, 15) is 0 Å². The van der Waals surface area contributed by atoms with Crippen LogP contribution >= 0.6 is 0 Å². The first kappa shape index (κ1) is 16.3. The molecule has 3 heteroatoms. The van der Waals surface area contributed by atoms with Gasteiger partial charge in [-0.3, -0.25) is 4.90 Å². The first-order valence-corrected chi connectivity index (χ1v) is 8.80. The second kappa shape index (κ2) is 7.24. The predicted molar refractivity (Wildman–Crippen MR) is 86.9 cm³/mol. The van der Waals surface area contributed by atoms with Crippen LogP contribution in [0.15, 0.2) is 0 Å². The van der Waals surface area contributed by atoms with Crippen molar-refractivity contribution in [1.82, 2.24) is 9.80 Å². The van der Waals surface area contributed by atoms with Gasteiger partial charge in [0.1, 0.15) is 0 Å². The summed E-state index contributed by atoms with van der Waals surface area (Å²) in [6, 6.07) is 0.723. The van der Waals surface area contributed by atoms with Crippen LogP contribution in [0.1, 0.15) is 58.8 Å². The lowest BCUT2D eigenvalue weighted by atomic mass is 9.73. The quantitative estimate of drug-likeness (QED) is 0.841. The maximum Gasteiger partial charge on any atom is 0.0333 e. The highest BCUT2D eigenvalue weighted by Crippen LogP contribution is 2.38. The van der Waals surface area contributed by atoms with Crippen LogP contribution in [-0.4, -0.2) is 54.6 Å². The fourth-order valence-electron chi connectivity index (χ4n) is 4.38. The van der Waals surface area contributed by atoms with Crippen LogP contribution in [0, 0.1) is 5.92 Å². The van der Waals surface area contributed by atoms with Gasteiger partial charge >= 0.3 is 0 Å². The van der Waals surface area contributed by atoms with Gasteiger partial charge in [0.05, 0.1) is 0 Å². The van der Waals surface area contributed by atoms with Crippen molar-refractivity contribution < 1.29 is 0 Å². The fraction of sp³-hybridized carbons (Fsp3) is 1.00. The molecule has 1 unspecified atom stereocenters. The molecule has 1 aliphatic carbocycles. The van der Waals surface area contributed by atoms with Gasteiger partial charge in [-0.1, -0.05) is 26.7 Å². The average Bonchev–Trinajstić information content (AvgIpc) is 2.49. The van der Waals surface area contributed by atoms with E-state index < -0.39 is 0 Å². The van der Waals surface area contributed by atoms with Crippen LogP contribution in [0.2, 0.25) is 0 Å². The molecular weight excluding hydrogens is 246 g/mol. The maximum absolute atomic E-state index is 6.25. The molecule has 118 valence electrons. The van der Waals surface area contributed by atoms with E-state index in [0.717, 1.165) is 18.5 Å². The minimum atomic E-state index is 0.318. The molecule has 3 nitrogen and oxygen atoms in total. The van der Waals surface area contributed by atoms with Crippen molar-refractivity contribution in [3.8, 4) is 0 Å². The summed E-state index contributed by atoms with van der Waals surface area (Å²) in [6.45, 7) is 9.13. The normalized spacial score (nSPS) is 37.2. The van der Waals surface area contributed by atoms with Crippen LogP contribution in [-0.2, 0) is 0 Å². The molecular formula is C17H35N3. The molecule has 2 aliphatic rings. The number of rotatable bonds is 5. The van der Waals surface area contributed by atoms with E-state index in [-0.39, 0.29) is 0 Å². The maximum atomic E-state index is 6.25. The molecule has 0 aromatic heterocycles. The van der Waals surface area contributed by atoms with Gasteiger partial charge in [-0.25, -0.2) is 0 Å². The Labute approximate surface area is 125 Å². The molecule has 20 heavy (non-hydrogen) atoms. The summed E-state index contributed by atoms with van der Waals surface area (Å²) in [6.07, 6.45) is 9.46. The predicted octanol–water partition coefficient (Wildman–Crippen LogP) is 2.70. The molecule has 2 rings (SSSR count). The van der Waals surface area contributed by atoms with Gasteiger partial charge in [0.25, 0.3) is 0 Å². The number of hydrogen-bond donors (Lipinski definition) is 1.